The molecule has 8 nitrogen and oxygen atoms in total. The van der Waals surface area contributed by atoms with Crippen molar-refractivity contribution in [2.24, 2.45) is 7.05 Å². The highest BCUT2D eigenvalue weighted by Gasteiger charge is 2.70. The van der Waals surface area contributed by atoms with Gasteiger partial charge in [-0.15, -0.1) is 0 Å². The van der Waals surface area contributed by atoms with Crippen LogP contribution in [0.25, 0.3) is 0 Å². The molecule has 3 heterocycles. The summed E-state index contributed by atoms with van der Waals surface area (Å²) >= 11 is 0. The minimum Gasteiger partial charge on any atom is -0.480 e. The quantitative estimate of drug-likeness (QED) is 0.541. The second-order valence-corrected chi connectivity index (χ2v) is 8.38. The Hall–Kier alpha value is -1.90. The molecule has 2 aliphatic heterocycles. The first-order valence-electron chi connectivity index (χ1n) is 6.47. The summed E-state index contributed by atoms with van der Waals surface area (Å²) in [6.45, 7) is 1.40. The first-order valence-corrected chi connectivity index (χ1v) is 8.01. The van der Waals surface area contributed by atoms with Crippen molar-refractivity contribution in [1.29, 1.82) is 0 Å². The van der Waals surface area contributed by atoms with Gasteiger partial charge in [0.15, 0.2) is 15.9 Å². The number of nitrogens with zero attached hydrogens (tertiary/aromatic N) is 3. The minimum absolute atomic E-state index is 0.00653. The lowest BCUT2D eigenvalue weighted by Gasteiger charge is -2.35. The molecule has 2 saturated heterocycles. The summed E-state index contributed by atoms with van der Waals surface area (Å²) < 4.78 is 27.2. The number of imidazole rings is 1. The zero-order valence-corrected chi connectivity index (χ0v) is 12.4. The Morgan fingerprint density at radius 1 is 1.57 bits per heavy atom. The molecule has 0 radical (unpaired) electrons. The summed E-state index contributed by atoms with van der Waals surface area (Å²) in [5.74, 6) is -1.70. The molecule has 114 valence electrons. The van der Waals surface area contributed by atoms with E-state index in [1.165, 1.54) is 6.92 Å². The number of hydrogen-bond donors (Lipinski definition) is 1. The van der Waals surface area contributed by atoms with E-state index in [-0.39, 0.29) is 13.0 Å². The highest BCUT2D eigenvalue weighted by Crippen LogP contribution is 2.46. The van der Waals surface area contributed by atoms with E-state index in [0.717, 1.165) is 4.90 Å². The zero-order chi connectivity index (χ0) is 15.6. The van der Waals surface area contributed by atoms with Gasteiger partial charge in [0, 0.05) is 0 Å². The lowest BCUT2D eigenvalue weighted by Crippen LogP contribution is -2.58. The number of fused-ring (bicyclic) bond motifs is 1. The van der Waals surface area contributed by atoms with E-state index >= 15 is 0 Å². The van der Waals surface area contributed by atoms with Crippen LogP contribution in [-0.2, 0) is 33.0 Å². The number of β-lactam (4-membered cyclic amide) rings is 1. The Kier molecular flexibility index (Phi) is 2.72. The normalized spacial score (nSPS) is 33.6. The van der Waals surface area contributed by atoms with Gasteiger partial charge >= 0.3 is 5.97 Å². The first kappa shape index (κ1) is 14.1. The number of carboxylic acid groups (broad SMARTS) is 1. The summed E-state index contributed by atoms with van der Waals surface area (Å²) in [6, 6.07) is -1.35. The summed E-state index contributed by atoms with van der Waals surface area (Å²) in [5.41, 5.74) is 0. The maximum absolute atomic E-state index is 12.7. The van der Waals surface area contributed by atoms with Crippen LogP contribution in [0.2, 0.25) is 0 Å². The maximum Gasteiger partial charge on any atom is 0.328 e. The molecule has 0 saturated carbocycles. The Labute approximate surface area is 121 Å². The molecule has 1 N–H and O–H groups in total. The van der Waals surface area contributed by atoms with Gasteiger partial charge in [-0.2, -0.15) is 0 Å². The third kappa shape index (κ3) is 1.66. The topological polar surface area (TPSA) is 101 Å². The molecule has 2 aliphatic rings. The summed E-state index contributed by atoms with van der Waals surface area (Å²) in [4.78, 5) is 24.2. The lowest BCUT2D eigenvalue weighted by atomic mass is 9.96. The van der Waals surface area contributed by atoms with Crippen LogP contribution in [0.1, 0.15) is 13.3 Å². The van der Waals surface area contributed by atoms with Crippen LogP contribution in [-0.4, -0.2) is 51.0 Å². The molecule has 2 fully saturated rings. The molecular formula is C12H16N3O5S+. The van der Waals surface area contributed by atoms with Crippen molar-refractivity contribution in [3.05, 3.63) is 18.7 Å². The predicted molar refractivity (Wildman–Crippen MR) is 69.6 cm³/mol. The van der Waals surface area contributed by atoms with Crippen molar-refractivity contribution in [2.75, 3.05) is 0 Å². The van der Waals surface area contributed by atoms with Crippen molar-refractivity contribution in [1.82, 2.24) is 9.47 Å². The number of carbonyl (C=O) groups is 2. The van der Waals surface area contributed by atoms with E-state index in [4.69, 9.17) is 0 Å². The zero-order valence-electron chi connectivity index (χ0n) is 11.6. The van der Waals surface area contributed by atoms with E-state index in [9.17, 15) is 23.1 Å². The van der Waals surface area contributed by atoms with Gasteiger partial charge in [0.05, 0.1) is 13.5 Å². The fourth-order valence-corrected chi connectivity index (χ4v) is 5.62. The number of aromatic nitrogens is 2. The second kappa shape index (κ2) is 4.06. The van der Waals surface area contributed by atoms with Crippen LogP contribution in [0, 0.1) is 0 Å². The summed E-state index contributed by atoms with van der Waals surface area (Å²) in [7, 11) is -1.96. The van der Waals surface area contributed by atoms with E-state index < -0.39 is 37.9 Å². The Bertz CT molecular complexity index is 740. The van der Waals surface area contributed by atoms with Crippen molar-refractivity contribution in [3.63, 3.8) is 0 Å². The number of aryl methyl sites for hydroxylation is 1. The first-order chi connectivity index (χ1) is 9.68. The van der Waals surface area contributed by atoms with Gasteiger partial charge in [-0.3, -0.25) is 4.79 Å². The molecule has 1 aromatic rings. The number of aliphatic carboxylic acids is 1. The van der Waals surface area contributed by atoms with Crippen molar-refractivity contribution >= 4 is 21.7 Å². The smallest absolute Gasteiger partial charge is 0.328 e. The molecule has 3 atom stereocenters. The van der Waals surface area contributed by atoms with Gasteiger partial charge in [0.2, 0.25) is 12.2 Å². The maximum atomic E-state index is 12.7. The fourth-order valence-electron chi connectivity index (χ4n) is 3.25. The predicted octanol–water partition coefficient (Wildman–Crippen LogP) is -1.49. The van der Waals surface area contributed by atoms with Crippen LogP contribution in [0.3, 0.4) is 0 Å². The van der Waals surface area contributed by atoms with E-state index in [1.807, 2.05) is 0 Å². The molecule has 0 aromatic carbocycles. The molecule has 3 rings (SSSR count). The number of hydrogen-bond acceptors (Lipinski definition) is 4. The van der Waals surface area contributed by atoms with Crippen molar-refractivity contribution < 1.29 is 27.7 Å². The van der Waals surface area contributed by atoms with E-state index in [0.29, 0.717) is 0 Å². The van der Waals surface area contributed by atoms with Gasteiger partial charge in [-0.1, -0.05) is 0 Å². The lowest BCUT2D eigenvalue weighted by molar-refractivity contribution is -0.671. The average Bonchev–Trinajstić information content (AvgIpc) is 2.81. The Morgan fingerprint density at radius 2 is 2.24 bits per heavy atom. The van der Waals surface area contributed by atoms with Gasteiger partial charge in [0.25, 0.3) is 0 Å². The average molecular weight is 314 g/mol. The molecule has 1 amide bonds. The highest BCUT2D eigenvalue weighted by atomic mass is 32.2. The molecule has 9 heteroatoms. The number of sulfone groups is 1. The molecule has 0 bridgehead atoms. The Balaban J connectivity index is 2.08. The molecular weight excluding hydrogens is 298 g/mol. The highest BCUT2D eigenvalue weighted by molar-refractivity contribution is 7.93. The molecule has 1 aromatic heterocycles. The van der Waals surface area contributed by atoms with Gasteiger partial charge in [-0.25, -0.2) is 22.3 Å². The summed E-state index contributed by atoms with van der Waals surface area (Å²) in [6.07, 6.45) is 4.97. The second-order valence-electron chi connectivity index (χ2n) is 5.81. The number of amides is 1. The van der Waals surface area contributed by atoms with Crippen LogP contribution in [0.15, 0.2) is 18.7 Å². The monoisotopic (exact) mass is 314 g/mol. The van der Waals surface area contributed by atoms with Gasteiger partial charge < -0.3 is 10.0 Å². The van der Waals surface area contributed by atoms with Crippen LogP contribution < -0.4 is 4.57 Å². The molecule has 21 heavy (non-hydrogen) atoms. The fraction of sp³-hybridized carbons (Fsp3) is 0.583. The van der Waals surface area contributed by atoms with Crippen molar-refractivity contribution in [2.45, 2.75) is 36.1 Å². The third-order valence-electron chi connectivity index (χ3n) is 4.37. The van der Waals surface area contributed by atoms with E-state index in [2.05, 4.69) is 0 Å². The van der Waals surface area contributed by atoms with Crippen LogP contribution >= 0.6 is 0 Å². The van der Waals surface area contributed by atoms with Crippen LogP contribution in [0.5, 0.6) is 0 Å². The standard InChI is InChI=1S/C12H15N3O5S/c1-12(6-14-4-3-13(2)7-14)10(11(17)18)15-8(16)5-9(15)21(12,19)20/h3-4,7,9-10H,5-6H2,1-2H3/p+1/t9?,10-,12-/m0/s1. The number of rotatable bonds is 3. The van der Waals surface area contributed by atoms with E-state index in [1.54, 1.807) is 34.9 Å². The SMILES string of the molecule is C[n+]1ccn(C[C@@]2(C)[C@H](C(=O)O)N3C(=O)CC3S2(=O)=O)c1. The minimum atomic E-state index is -3.75. The van der Waals surface area contributed by atoms with Crippen LogP contribution in [0.4, 0.5) is 0 Å². The molecule has 0 aliphatic carbocycles. The molecule has 1 unspecified atom stereocenters. The number of carboxylic acids is 1. The number of carbonyl (C=O) groups excluding carboxylic acids is 1. The molecule has 0 spiro atoms. The third-order valence-corrected chi connectivity index (χ3v) is 7.13. The van der Waals surface area contributed by atoms with Gasteiger partial charge in [0.1, 0.15) is 29.1 Å². The van der Waals surface area contributed by atoms with Gasteiger partial charge in [-0.05, 0) is 6.92 Å². The summed E-state index contributed by atoms with van der Waals surface area (Å²) in [5, 5.41) is 8.43. The Morgan fingerprint density at radius 3 is 2.71 bits per heavy atom. The van der Waals surface area contributed by atoms with Crippen molar-refractivity contribution in [3.8, 4) is 0 Å². The largest absolute Gasteiger partial charge is 0.480 e.